The number of Topliss-reactive ketones (excluding diaryl/α,β-unsaturated/α-hetero) is 1. The van der Waals surface area contributed by atoms with Gasteiger partial charge in [0.15, 0.2) is 11.5 Å². The number of benzene rings is 1. The van der Waals surface area contributed by atoms with Gasteiger partial charge in [0.25, 0.3) is 0 Å². The summed E-state index contributed by atoms with van der Waals surface area (Å²) in [6.45, 7) is 6.20. The Morgan fingerprint density at radius 1 is 1.04 bits per heavy atom. The second-order valence-corrected chi connectivity index (χ2v) is 6.66. The summed E-state index contributed by atoms with van der Waals surface area (Å²) in [5.41, 5.74) is 2.26. The van der Waals surface area contributed by atoms with Crippen LogP contribution in [0.5, 0.6) is 0 Å². The number of amides is 1. The first-order valence-corrected chi connectivity index (χ1v) is 8.38. The Labute approximate surface area is 143 Å². The zero-order chi connectivity index (χ0) is 17.5. The van der Waals surface area contributed by atoms with E-state index in [2.05, 4.69) is 31.3 Å². The van der Waals surface area contributed by atoms with Gasteiger partial charge in [0.05, 0.1) is 12.7 Å². The lowest BCUT2D eigenvalue weighted by molar-refractivity contribution is -0.121. The van der Waals surface area contributed by atoms with E-state index in [1.165, 1.54) is 11.8 Å². The summed E-state index contributed by atoms with van der Waals surface area (Å²) in [4.78, 5) is 24.0. The molecule has 0 aliphatic carbocycles. The first-order chi connectivity index (χ1) is 11.4. The van der Waals surface area contributed by atoms with Crippen LogP contribution < -0.4 is 5.32 Å². The molecule has 1 amide bonds. The van der Waals surface area contributed by atoms with Crippen molar-refractivity contribution in [3.63, 3.8) is 0 Å². The van der Waals surface area contributed by atoms with Crippen LogP contribution in [0.2, 0.25) is 0 Å². The van der Waals surface area contributed by atoms with Crippen molar-refractivity contribution in [2.24, 2.45) is 5.92 Å². The second kappa shape index (κ2) is 8.48. The van der Waals surface area contributed by atoms with Gasteiger partial charge in [-0.1, -0.05) is 38.1 Å². The fourth-order valence-corrected chi connectivity index (χ4v) is 2.64. The molecule has 0 radical (unpaired) electrons. The van der Waals surface area contributed by atoms with Crippen molar-refractivity contribution >= 4 is 11.7 Å². The highest BCUT2D eigenvalue weighted by molar-refractivity contribution is 5.94. The molecule has 0 spiro atoms. The van der Waals surface area contributed by atoms with Gasteiger partial charge >= 0.3 is 0 Å². The maximum atomic E-state index is 12.1. The van der Waals surface area contributed by atoms with Gasteiger partial charge in [-0.05, 0) is 42.5 Å². The Bertz CT molecular complexity index is 657. The summed E-state index contributed by atoms with van der Waals surface area (Å²) in [7, 11) is 0. The lowest BCUT2D eigenvalue weighted by Gasteiger charge is -2.13. The van der Waals surface area contributed by atoms with Crippen LogP contribution >= 0.6 is 0 Å². The Hall–Kier alpha value is -2.36. The lowest BCUT2D eigenvalue weighted by atomic mass is 10.0. The van der Waals surface area contributed by atoms with E-state index in [1.807, 2.05) is 19.1 Å². The van der Waals surface area contributed by atoms with Gasteiger partial charge in [-0.25, -0.2) is 0 Å². The fraction of sp³-hybridized carbons (Fsp3) is 0.400. The average molecular weight is 327 g/mol. The zero-order valence-electron chi connectivity index (χ0n) is 14.5. The van der Waals surface area contributed by atoms with Gasteiger partial charge in [0.1, 0.15) is 0 Å². The quantitative estimate of drug-likeness (QED) is 0.750. The first-order valence-electron chi connectivity index (χ1n) is 8.38. The largest absolute Gasteiger partial charge is 0.461 e. The third-order valence-electron chi connectivity index (χ3n) is 3.73. The van der Waals surface area contributed by atoms with Gasteiger partial charge in [0, 0.05) is 12.5 Å². The van der Waals surface area contributed by atoms with Crippen LogP contribution in [0.25, 0.3) is 0 Å². The summed E-state index contributed by atoms with van der Waals surface area (Å²) in [5.74, 6) is 0.765. The summed E-state index contributed by atoms with van der Waals surface area (Å²) in [6.07, 6.45) is 3.06. The van der Waals surface area contributed by atoms with E-state index in [0.29, 0.717) is 18.1 Å². The minimum atomic E-state index is -0.227. The van der Waals surface area contributed by atoms with Gasteiger partial charge in [-0.15, -0.1) is 0 Å². The number of nitrogens with one attached hydrogen (secondary N) is 1. The molecule has 0 fully saturated rings. The Kier molecular flexibility index (Phi) is 6.36. The molecule has 1 aromatic carbocycles. The molecule has 1 N–H and O–H groups in total. The topological polar surface area (TPSA) is 59.3 Å². The second-order valence-electron chi connectivity index (χ2n) is 6.66. The molecule has 0 saturated heterocycles. The van der Waals surface area contributed by atoms with Crippen molar-refractivity contribution in [2.75, 3.05) is 0 Å². The van der Waals surface area contributed by atoms with Crippen molar-refractivity contribution in [1.82, 2.24) is 5.32 Å². The van der Waals surface area contributed by atoms with E-state index in [-0.39, 0.29) is 24.2 Å². The third-order valence-corrected chi connectivity index (χ3v) is 3.73. The van der Waals surface area contributed by atoms with Gasteiger partial charge in [-0.2, -0.15) is 0 Å². The summed E-state index contributed by atoms with van der Waals surface area (Å²) in [6, 6.07) is 11.2. The predicted molar refractivity (Wildman–Crippen MR) is 93.9 cm³/mol. The fourth-order valence-electron chi connectivity index (χ4n) is 2.64. The van der Waals surface area contributed by atoms with Crippen LogP contribution in [0, 0.1) is 5.92 Å². The molecular weight excluding hydrogens is 302 g/mol. The number of ketones is 1. The monoisotopic (exact) mass is 327 g/mol. The highest BCUT2D eigenvalue weighted by atomic mass is 16.3. The molecule has 1 atom stereocenters. The van der Waals surface area contributed by atoms with Crippen molar-refractivity contribution in [2.45, 2.75) is 46.1 Å². The van der Waals surface area contributed by atoms with Crippen LogP contribution in [0.4, 0.5) is 0 Å². The molecule has 24 heavy (non-hydrogen) atoms. The predicted octanol–water partition coefficient (Wildman–Crippen LogP) is 3.80. The van der Waals surface area contributed by atoms with Crippen LogP contribution in [-0.2, 0) is 17.6 Å². The Balaban J connectivity index is 1.80. The number of rotatable bonds is 8. The van der Waals surface area contributed by atoms with E-state index in [0.717, 1.165) is 12.0 Å². The van der Waals surface area contributed by atoms with Gasteiger partial charge in [-0.3, -0.25) is 9.59 Å². The highest BCUT2D eigenvalue weighted by Gasteiger charge is 2.15. The maximum absolute atomic E-state index is 12.1. The van der Waals surface area contributed by atoms with Gasteiger partial charge in [0.2, 0.25) is 5.91 Å². The summed E-state index contributed by atoms with van der Waals surface area (Å²) < 4.78 is 5.07. The number of hydrogen-bond donors (Lipinski definition) is 1. The minimum absolute atomic E-state index is 0.0774. The van der Waals surface area contributed by atoms with Crippen LogP contribution in [-0.4, -0.2) is 17.7 Å². The molecule has 1 heterocycles. The van der Waals surface area contributed by atoms with E-state index in [1.54, 1.807) is 12.1 Å². The lowest BCUT2D eigenvalue weighted by Crippen LogP contribution is -2.35. The molecule has 0 bridgehead atoms. The first kappa shape index (κ1) is 18.0. The normalized spacial score (nSPS) is 12.2. The maximum Gasteiger partial charge on any atom is 0.224 e. The van der Waals surface area contributed by atoms with E-state index >= 15 is 0 Å². The molecular formula is C20H25NO3. The number of hydrogen-bond acceptors (Lipinski definition) is 3. The Morgan fingerprint density at radius 3 is 2.29 bits per heavy atom. The average Bonchev–Trinajstić information content (AvgIpc) is 3.02. The van der Waals surface area contributed by atoms with Crippen LogP contribution in [0.15, 0.2) is 47.1 Å². The molecule has 0 saturated carbocycles. The third kappa shape index (κ3) is 5.69. The highest BCUT2D eigenvalue weighted by Crippen LogP contribution is 2.11. The number of carbonyl (C=O) groups excluding carboxylic acids is 2. The van der Waals surface area contributed by atoms with Crippen LogP contribution in [0.3, 0.4) is 0 Å². The number of carbonyl (C=O) groups is 2. The molecule has 0 aliphatic heterocycles. The minimum Gasteiger partial charge on any atom is -0.461 e. The van der Waals surface area contributed by atoms with E-state index < -0.39 is 0 Å². The molecule has 0 unspecified atom stereocenters. The summed E-state index contributed by atoms with van der Waals surface area (Å²) >= 11 is 0. The summed E-state index contributed by atoms with van der Waals surface area (Å²) in [5, 5.41) is 2.87. The van der Waals surface area contributed by atoms with Crippen molar-refractivity contribution in [3.8, 4) is 0 Å². The molecule has 2 rings (SSSR count). The molecule has 4 heteroatoms. The standard InChI is InChI=1S/C20H25NO3/c1-14(2)11-16-6-8-17(9-7-16)13-20(23)21-15(3)12-18(22)19-5-4-10-24-19/h4-10,14-15H,11-13H2,1-3H3,(H,21,23)/t15-/m1/s1. The van der Waals surface area contributed by atoms with Crippen molar-refractivity contribution < 1.29 is 14.0 Å². The van der Waals surface area contributed by atoms with Gasteiger partial charge < -0.3 is 9.73 Å². The molecule has 1 aromatic heterocycles. The molecule has 4 nitrogen and oxygen atoms in total. The molecule has 0 aliphatic rings. The van der Waals surface area contributed by atoms with E-state index in [4.69, 9.17) is 4.42 Å². The van der Waals surface area contributed by atoms with Crippen LogP contribution in [0.1, 0.15) is 48.9 Å². The van der Waals surface area contributed by atoms with Crippen molar-refractivity contribution in [1.29, 1.82) is 0 Å². The van der Waals surface area contributed by atoms with E-state index in [9.17, 15) is 9.59 Å². The smallest absolute Gasteiger partial charge is 0.224 e. The zero-order valence-corrected chi connectivity index (χ0v) is 14.5. The Morgan fingerprint density at radius 2 is 1.71 bits per heavy atom. The molecule has 128 valence electrons. The molecule has 2 aromatic rings. The van der Waals surface area contributed by atoms with Crippen molar-refractivity contribution in [3.05, 3.63) is 59.5 Å². The number of furan rings is 1. The SMILES string of the molecule is CC(C)Cc1ccc(CC(=O)N[C@H](C)CC(=O)c2ccco2)cc1.